The lowest BCUT2D eigenvalue weighted by atomic mass is 10.2. The molecule has 102 valence electrons. The van der Waals surface area contributed by atoms with Gasteiger partial charge in [0.05, 0.1) is 18.0 Å². The molecule has 0 atom stereocenters. The highest BCUT2D eigenvalue weighted by atomic mass is 16.6. The van der Waals surface area contributed by atoms with Crippen molar-refractivity contribution in [2.24, 2.45) is 0 Å². The van der Waals surface area contributed by atoms with Crippen LogP contribution in [0.2, 0.25) is 0 Å². The fourth-order valence-electron chi connectivity index (χ4n) is 1.94. The molecule has 1 heterocycles. The standard InChI is InChI=1S/C14H14N4O2/c1-2-19-10-5-3-9(4-6-10)16-12-8-7-11(15)13-14(12)18-20-17-13/h3-8,16H,2,15H2,1H3. The zero-order chi connectivity index (χ0) is 13.9. The highest BCUT2D eigenvalue weighted by molar-refractivity contribution is 5.96. The first-order valence-corrected chi connectivity index (χ1v) is 6.28. The molecular weight excluding hydrogens is 256 g/mol. The van der Waals surface area contributed by atoms with Crippen molar-refractivity contribution in [2.45, 2.75) is 6.92 Å². The molecule has 6 nitrogen and oxygen atoms in total. The van der Waals surface area contributed by atoms with Gasteiger partial charge in [-0.05, 0) is 53.6 Å². The third-order valence-corrected chi connectivity index (χ3v) is 2.89. The minimum absolute atomic E-state index is 0.540. The molecule has 2 aromatic carbocycles. The van der Waals surface area contributed by atoms with Crippen molar-refractivity contribution in [3.8, 4) is 5.75 Å². The van der Waals surface area contributed by atoms with Crippen LogP contribution in [0.5, 0.6) is 5.75 Å². The first-order valence-electron chi connectivity index (χ1n) is 6.28. The molecule has 0 fully saturated rings. The molecule has 0 unspecified atom stereocenters. The zero-order valence-corrected chi connectivity index (χ0v) is 11.0. The van der Waals surface area contributed by atoms with Crippen molar-refractivity contribution >= 4 is 28.1 Å². The van der Waals surface area contributed by atoms with Gasteiger partial charge in [0, 0.05) is 5.69 Å². The third-order valence-electron chi connectivity index (χ3n) is 2.89. The van der Waals surface area contributed by atoms with Crippen LogP contribution in [0, 0.1) is 0 Å². The van der Waals surface area contributed by atoms with Crippen molar-refractivity contribution in [3.05, 3.63) is 36.4 Å². The van der Waals surface area contributed by atoms with Crippen LogP contribution in [0.15, 0.2) is 41.0 Å². The number of nitrogens with one attached hydrogen (secondary N) is 1. The second-order valence-corrected chi connectivity index (χ2v) is 4.25. The van der Waals surface area contributed by atoms with Crippen LogP contribution in [0.3, 0.4) is 0 Å². The van der Waals surface area contributed by atoms with Gasteiger partial charge in [-0.15, -0.1) is 0 Å². The van der Waals surface area contributed by atoms with Crippen LogP contribution in [-0.4, -0.2) is 16.9 Å². The van der Waals surface area contributed by atoms with E-state index in [9.17, 15) is 0 Å². The Morgan fingerprint density at radius 3 is 2.60 bits per heavy atom. The van der Waals surface area contributed by atoms with Gasteiger partial charge in [0.15, 0.2) is 11.0 Å². The Kier molecular flexibility index (Phi) is 3.12. The predicted octanol–water partition coefficient (Wildman–Crippen LogP) is 2.95. The van der Waals surface area contributed by atoms with Crippen LogP contribution < -0.4 is 15.8 Å². The minimum Gasteiger partial charge on any atom is -0.494 e. The number of anilines is 3. The molecule has 0 radical (unpaired) electrons. The Balaban J connectivity index is 1.89. The maximum absolute atomic E-state index is 5.81. The summed E-state index contributed by atoms with van der Waals surface area (Å²) in [6.45, 7) is 2.60. The maximum Gasteiger partial charge on any atom is 0.160 e. The molecule has 1 aromatic heterocycles. The number of aromatic nitrogens is 2. The summed E-state index contributed by atoms with van der Waals surface area (Å²) in [5, 5.41) is 10.9. The lowest BCUT2D eigenvalue weighted by Gasteiger charge is -2.08. The van der Waals surface area contributed by atoms with Crippen molar-refractivity contribution in [1.82, 2.24) is 10.3 Å². The van der Waals surface area contributed by atoms with Crippen molar-refractivity contribution in [1.29, 1.82) is 0 Å². The smallest absolute Gasteiger partial charge is 0.160 e. The number of ether oxygens (including phenoxy) is 1. The maximum atomic E-state index is 5.81. The van der Waals surface area contributed by atoms with E-state index in [0.717, 1.165) is 17.1 Å². The van der Waals surface area contributed by atoms with E-state index in [-0.39, 0.29) is 0 Å². The van der Waals surface area contributed by atoms with Crippen LogP contribution in [0.25, 0.3) is 11.0 Å². The quantitative estimate of drug-likeness (QED) is 0.709. The Bertz CT molecular complexity index is 722. The van der Waals surface area contributed by atoms with E-state index in [4.69, 9.17) is 15.1 Å². The van der Waals surface area contributed by atoms with Crippen LogP contribution in [0.1, 0.15) is 6.92 Å². The summed E-state index contributed by atoms with van der Waals surface area (Å²) in [5.74, 6) is 0.837. The SMILES string of the molecule is CCOc1ccc(Nc2ccc(N)c3nonc23)cc1. The minimum atomic E-state index is 0.540. The molecule has 3 rings (SSSR count). The van der Waals surface area contributed by atoms with E-state index in [0.29, 0.717) is 23.3 Å². The number of fused-ring (bicyclic) bond motifs is 1. The molecule has 0 aliphatic rings. The van der Waals surface area contributed by atoms with E-state index in [1.807, 2.05) is 37.3 Å². The average Bonchev–Trinajstić information content (AvgIpc) is 2.95. The van der Waals surface area contributed by atoms with Gasteiger partial charge in [-0.1, -0.05) is 0 Å². The zero-order valence-electron chi connectivity index (χ0n) is 11.0. The average molecular weight is 270 g/mol. The summed E-state index contributed by atoms with van der Waals surface area (Å²) >= 11 is 0. The summed E-state index contributed by atoms with van der Waals surface area (Å²) in [6, 6.07) is 11.3. The summed E-state index contributed by atoms with van der Waals surface area (Å²) in [5.41, 5.74) is 9.23. The van der Waals surface area contributed by atoms with Gasteiger partial charge >= 0.3 is 0 Å². The topological polar surface area (TPSA) is 86.2 Å². The fourth-order valence-corrected chi connectivity index (χ4v) is 1.94. The van der Waals surface area contributed by atoms with Crippen molar-refractivity contribution in [3.63, 3.8) is 0 Å². The van der Waals surface area contributed by atoms with Crippen LogP contribution in [-0.2, 0) is 0 Å². The molecule has 3 aromatic rings. The van der Waals surface area contributed by atoms with Gasteiger partial charge in [-0.2, -0.15) is 0 Å². The van der Waals surface area contributed by atoms with Gasteiger partial charge in [0.25, 0.3) is 0 Å². The predicted molar refractivity (Wildman–Crippen MR) is 77.1 cm³/mol. The van der Waals surface area contributed by atoms with Gasteiger partial charge < -0.3 is 15.8 Å². The van der Waals surface area contributed by atoms with E-state index in [1.54, 1.807) is 6.07 Å². The highest BCUT2D eigenvalue weighted by Gasteiger charge is 2.10. The van der Waals surface area contributed by atoms with Crippen LogP contribution in [0.4, 0.5) is 17.1 Å². The number of hydrogen-bond donors (Lipinski definition) is 2. The second-order valence-electron chi connectivity index (χ2n) is 4.25. The number of rotatable bonds is 4. The van der Waals surface area contributed by atoms with Gasteiger partial charge in [0.2, 0.25) is 0 Å². The fraction of sp³-hybridized carbons (Fsp3) is 0.143. The third kappa shape index (κ3) is 2.23. The lowest BCUT2D eigenvalue weighted by molar-refractivity contribution is 0.316. The van der Waals surface area contributed by atoms with Crippen LogP contribution >= 0.6 is 0 Å². The molecular formula is C14H14N4O2. The first-order chi connectivity index (χ1) is 9.78. The Hall–Kier alpha value is -2.76. The highest BCUT2D eigenvalue weighted by Crippen LogP contribution is 2.28. The summed E-state index contributed by atoms with van der Waals surface area (Å²) in [4.78, 5) is 0. The number of hydrogen-bond acceptors (Lipinski definition) is 6. The molecule has 0 saturated carbocycles. The monoisotopic (exact) mass is 270 g/mol. The number of nitrogen functional groups attached to an aromatic ring is 1. The van der Waals surface area contributed by atoms with E-state index < -0.39 is 0 Å². The van der Waals surface area contributed by atoms with Gasteiger partial charge in [-0.3, -0.25) is 0 Å². The van der Waals surface area contributed by atoms with Gasteiger partial charge in [0.1, 0.15) is 5.75 Å². The van der Waals surface area contributed by atoms with E-state index >= 15 is 0 Å². The molecule has 0 saturated heterocycles. The molecule has 0 aliphatic carbocycles. The van der Waals surface area contributed by atoms with E-state index in [2.05, 4.69) is 15.6 Å². The summed E-state index contributed by atoms with van der Waals surface area (Å²) < 4.78 is 10.1. The second kappa shape index (κ2) is 5.08. The summed E-state index contributed by atoms with van der Waals surface area (Å²) in [7, 11) is 0. The first kappa shape index (κ1) is 12.3. The normalized spacial score (nSPS) is 10.7. The Morgan fingerprint density at radius 1 is 1.10 bits per heavy atom. The van der Waals surface area contributed by atoms with Crippen molar-refractivity contribution < 1.29 is 9.37 Å². The number of benzene rings is 2. The van der Waals surface area contributed by atoms with Crippen molar-refractivity contribution in [2.75, 3.05) is 17.7 Å². The molecule has 0 spiro atoms. The largest absolute Gasteiger partial charge is 0.494 e. The number of nitrogens with two attached hydrogens (primary N) is 1. The molecule has 0 aliphatic heterocycles. The molecule has 6 heteroatoms. The molecule has 0 bridgehead atoms. The molecule has 0 amide bonds. The van der Waals surface area contributed by atoms with E-state index in [1.165, 1.54) is 0 Å². The Morgan fingerprint density at radius 2 is 1.85 bits per heavy atom. The summed E-state index contributed by atoms with van der Waals surface area (Å²) in [6.07, 6.45) is 0. The molecule has 20 heavy (non-hydrogen) atoms. The lowest BCUT2D eigenvalue weighted by Crippen LogP contribution is -1.95. The number of nitrogens with zero attached hydrogens (tertiary/aromatic N) is 2. The Labute approximate surface area is 115 Å². The van der Waals surface area contributed by atoms with Gasteiger partial charge in [-0.25, -0.2) is 4.63 Å². The molecule has 3 N–H and O–H groups in total.